The monoisotopic (exact) mass is 441 g/mol. The first kappa shape index (κ1) is 21.1. The van der Waals surface area contributed by atoms with Crippen molar-refractivity contribution < 1.29 is 5.11 Å². The summed E-state index contributed by atoms with van der Waals surface area (Å²) < 4.78 is 2.28. The molecule has 168 valence electrons. The third kappa shape index (κ3) is 3.73. The lowest BCUT2D eigenvalue weighted by Crippen LogP contribution is -2.32. The Morgan fingerprint density at radius 2 is 1.91 bits per heavy atom. The number of hydrogen-bond donors (Lipinski definition) is 3. The summed E-state index contributed by atoms with van der Waals surface area (Å²) >= 11 is 0. The van der Waals surface area contributed by atoms with Gasteiger partial charge in [-0.15, -0.1) is 0 Å². The summed E-state index contributed by atoms with van der Waals surface area (Å²) in [4.78, 5) is 13.6. The van der Waals surface area contributed by atoms with E-state index in [0.717, 1.165) is 39.2 Å². The number of benzene rings is 2. The highest BCUT2D eigenvalue weighted by molar-refractivity contribution is 5.91. The summed E-state index contributed by atoms with van der Waals surface area (Å²) in [6, 6.07) is 16.3. The molecule has 8 nitrogen and oxygen atoms in total. The Kier molecular flexibility index (Phi) is 5.11. The van der Waals surface area contributed by atoms with Crippen molar-refractivity contribution >= 4 is 28.9 Å². The van der Waals surface area contributed by atoms with Crippen LogP contribution in [0.1, 0.15) is 26.3 Å². The highest BCUT2D eigenvalue weighted by Gasteiger charge is 2.25. The van der Waals surface area contributed by atoms with E-state index in [1.165, 1.54) is 0 Å². The number of nitrogen functional groups attached to an aromatic ring is 1. The fourth-order valence-corrected chi connectivity index (χ4v) is 4.23. The van der Waals surface area contributed by atoms with Gasteiger partial charge in [-0.2, -0.15) is 0 Å². The van der Waals surface area contributed by atoms with Crippen LogP contribution >= 0.6 is 0 Å². The van der Waals surface area contributed by atoms with Crippen molar-refractivity contribution in [3.63, 3.8) is 0 Å². The van der Waals surface area contributed by atoms with Crippen LogP contribution in [0.15, 0.2) is 59.7 Å². The molecule has 5 rings (SSSR count). The zero-order valence-electron chi connectivity index (χ0n) is 18.9. The molecule has 0 saturated heterocycles. The molecule has 0 aliphatic carbocycles. The molecule has 33 heavy (non-hydrogen) atoms. The molecule has 4 aromatic rings. The van der Waals surface area contributed by atoms with Crippen molar-refractivity contribution in [2.45, 2.75) is 32.9 Å². The minimum absolute atomic E-state index is 0.150. The normalized spacial score (nSPS) is 13.9. The van der Waals surface area contributed by atoms with Crippen molar-refractivity contribution in [2.75, 3.05) is 17.4 Å². The summed E-state index contributed by atoms with van der Waals surface area (Å²) in [5.41, 5.74) is 15.3. The molecule has 2 aromatic heterocycles. The van der Waals surface area contributed by atoms with Crippen molar-refractivity contribution in [3.05, 3.63) is 60.3 Å². The molecule has 0 atom stereocenters. The molecule has 0 amide bonds. The predicted octanol–water partition coefficient (Wildman–Crippen LogP) is 3.91. The Bertz CT molecular complexity index is 1370. The second-order valence-electron chi connectivity index (χ2n) is 9.07. The van der Waals surface area contributed by atoms with Crippen LogP contribution < -0.4 is 16.2 Å². The summed E-state index contributed by atoms with van der Waals surface area (Å²) in [7, 11) is 0. The van der Waals surface area contributed by atoms with Gasteiger partial charge in [-0.25, -0.2) is 15.4 Å². The minimum Gasteiger partial charge on any atom is -0.392 e. The molecule has 8 heteroatoms. The molecule has 0 bridgehead atoms. The molecule has 2 aromatic carbocycles. The maximum absolute atomic E-state index is 9.58. The maximum atomic E-state index is 9.58. The van der Waals surface area contributed by atoms with Crippen LogP contribution in [0.2, 0.25) is 0 Å². The molecular weight excluding hydrogens is 414 g/mol. The largest absolute Gasteiger partial charge is 0.392 e. The van der Waals surface area contributed by atoms with Crippen LogP contribution in [-0.4, -0.2) is 32.6 Å². The quantitative estimate of drug-likeness (QED) is 0.444. The number of hydrogen-bond acceptors (Lipinski definition) is 7. The van der Waals surface area contributed by atoms with Crippen LogP contribution in [0.3, 0.4) is 0 Å². The van der Waals surface area contributed by atoms with Gasteiger partial charge in [0.1, 0.15) is 24.6 Å². The molecule has 0 unspecified atom stereocenters. The summed E-state index contributed by atoms with van der Waals surface area (Å²) in [6.45, 7) is 6.95. The molecule has 1 aliphatic rings. The number of anilines is 2. The van der Waals surface area contributed by atoms with E-state index in [-0.39, 0.29) is 12.1 Å². The number of nitrogens with one attached hydrogen (secondary N) is 1. The first-order valence-electron chi connectivity index (χ1n) is 10.9. The summed E-state index contributed by atoms with van der Waals surface area (Å²) in [5, 5.41) is 11.5. The number of hydrazine groups is 1. The number of pyridine rings is 1. The summed E-state index contributed by atoms with van der Waals surface area (Å²) in [6.07, 6.45) is 3.53. The number of nitrogens with zero attached hydrogens (tertiary/aromatic N) is 5. The molecule has 0 fully saturated rings. The topological polar surface area (TPSA) is 105 Å². The van der Waals surface area contributed by atoms with Crippen molar-refractivity contribution in [1.82, 2.24) is 20.0 Å². The van der Waals surface area contributed by atoms with Gasteiger partial charge in [0.2, 0.25) is 0 Å². The number of rotatable bonds is 4. The van der Waals surface area contributed by atoms with E-state index in [4.69, 9.17) is 10.7 Å². The zero-order chi connectivity index (χ0) is 23.2. The number of nitrogens with two attached hydrogens (primary N) is 1. The molecule has 1 aliphatic heterocycles. The number of aliphatic hydroxyl groups is 1. The van der Waals surface area contributed by atoms with Gasteiger partial charge >= 0.3 is 0 Å². The first-order chi connectivity index (χ1) is 15.9. The fraction of sp³-hybridized carbons (Fsp3) is 0.240. The lowest BCUT2D eigenvalue weighted by atomic mass is 10.0. The molecular formula is C25H27N7O. The van der Waals surface area contributed by atoms with E-state index in [1.807, 2.05) is 23.2 Å². The Morgan fingerprint density at radius 1 is 1.09 bits per heavy atom. The Labute approximate surface area is 192 Å². The van der Waals surface area contributed by atoms with Crippen LogP contribution in [0.25, 0.3) is 33.5 Å². The van der Waals surface area contributed by atoms with Gasteiger partial charge in [-0.3, -0.25) is 10.0 Å². The average molecular weight is 442 g/mol. The number of imidazole rings is 1. The minimum atomic E-state index is -0.196. The van der Waals surface area contributed by atoms with Gasteiger partial charge in [0.05, 0.1) is 23.3 Å². The fourth-order valence-electron chi connectivity index (χ4n) is 4.23. The molecule has 0 radical (unpaired) electrons. The standard InChI is InChI=1S/C25H27N7O/c1-25(2,3)32-22-9-8-16(17-10-18(13-33)23(26)28-12-17)11-20(22)30-24(32)19-6-4-5-7-21(19)31-15-27-14-29-31/h4-12,15,29,33H,13-14H2,1-3H3,(H2,26,28). The second kappa shape index (κ2) is 7.99. The number of aliphatic hydroxyl groups excluding tert-OH is 1. The second-order valence-corrected chi connectivity index (χ2v) is 9.07. The SMILES string of the molecule is CC(C)(C)n1c(-c2ccccc2N2C=NCN2)nc2cc(-c3cnc(N)c(CO)c3)ccc21. The number of aromatic nitrogens is 3. The van der Waals surface area contributed by atoms with Gasteiger partial charge in [0, 0.05) is 28.4 Å². The first-order valence-corrected chi connectivity index (χ1v) is 10.9. The lowest BCUT2D eigenvalue weighted by Gasteiger charge is -2.26. The molecule has 0 spiro atoms. The lowest BCUT2D eigenvalue weighted by molar-refractivity contribution is 0.282. The maximum Gasteiger partial charge on any atom is 0.143 e. The highest BCUT2D eigenvalue weighted by Crippen LogP contribution is 2.37. The summed E-state index contributed by atoms with van der Waals surface area (Å²) in [5.74, 6) is 1.23. The number of aliphatic imine (C=N–C) groups is 1. The zero-order valence-corrected chi connectivity index (χ0v) is 18.9. The van der Waals surface area contributed by atoms with Gasteiger partial charge in [0.15, 0.2) is 0 Å². The average Bonchev–Trinajstić information content (AvgIpc) is 3.46. The Morgan fingerprint density at radius 3 is 2.64 bits per heavy atom. The predicted molar refractivity (Wildman–Crippen MR) is 133 cm³/mol. The smallest absolute Gasteiger partial charge is 0.143 e. The van der Waals surface area contributed by atoms with Crippen LogP contribution in [-0.2, 0) is 12.1 Å². The van der Waals surface area contributed by atoms with Crippen LogP contribution in [0.4, 0.5) is 11.5 Å². The van der Waals surface area contributed by atoms with Crippen LogP contribution in [0.5, 0.6) is 0 Å². The van der Waals surface area contributed by atoms with Crippen molar-refractivity contribution in [2.24, 2.45) is 4.99 Å². The van der Waals surface area contributed by atoms with E-state index < -0.39 is 0 Å². The van der Waals surface area contributed by atoms with Gasteiger partial charge in [0.25, 0.3) is 0 Å². The highest BCUT2D eigenvalue weighted by atomic mass is 16.3. The van der Waals surface area contributed by atoms with E-state index in [0.29, 0.717) is 18.1 Å². The van der Waals surface area contributed by atoms with E-state index >= 15 is 0 Å². The van der Waals surface area contributed by atoms with Crippen molar-refractivity contribution in [1.29, 1.82) is 0 Å². The van der Waals surface area contributed by atoms with Crippen molar-refractivity contribution in [3.8, 4) is 22.5 Å². The molecule has 4 N–H and O–H groups in total. The molecule has 0 saturated carbocycles. The van der Waals surface area contributed by atoms with Crippen LogP contribution in [0, 0.1) is 0 Å². The molecule has 3 heterocycles. The Hall–Kier alpha value is -3.75. The van der Waals surface area contributed by atoms with E-state index in [1.54, 1.807) is 12.5 Å². The third-order valence-corrected chi connectivity index (χ3v) is 5.76. The van der Waals surface area contributed by atoms with Gasteiger partial charge in [-0.1, -0.05) is 18.2 Å². The van der Waals surface area contributed by atoms with E-state index in [9.17, 15) is 5.11 Å². The number of para-hydroxylation sites is 1. The van der Waals surface area contributed by atoms with E-state index in [2.05, 4.69) is 71.1 Å². The van der Waals surface area contributed by atoms with Gasteiger partial charge < -0.3 is 15.4 Å². The Balaban J connectivity index is 1.70. The third-order valence-electron chi connectivity index (χ3n) is 5.76. The number of fused-ring (bicyclic) bond motifs is 1. The van der Waals surface area contributed by atoms with Gasteiger partial charge in [-0.05, 0) is 56.7 Å².